The second-order valence-electron chi connectivity index (χ2n) is 16.0. The fourth-order valence-electron chi connectivity index (χ4n) is 7.91. The van der Waals surface area contributed by atoms with Crippen molar-refractivity contribution in [1.82, 2.24) is 35.0 Å². The Morgan fingerprint density at radius 1 is 1.00 bits per heavy atom. The topological polar surface area (TPSA) is 182 Å². The number of nitrogens with zero attached hydrogens (tertiary/aromatic N) is 4. The molecular formula is C40H41F4N7O7S. The van der Waals surface area contributed by atoms with Gasteiger partial charge in [-0.1, -0.05) is 25.0 Å². The van der Waals surface area contributed by atoms with Gasteiger partial charge < -0.3 is 20.3 Å². The van der Waals surface area contributed by atoms with Crippen molar-refractivity contribution in [3.05, 3.63) is 78.1 Å². The smallest absolute Gasteiger partial charge is 0.333 e. The molecule has 3 fully saturated rings. The average Bonchev–Trinajstić information content (AvgIpc) is 3.95. The van der Waals surface area contributed by atoms with Crippen molar-refractivity contribution in [1.29, 1.82) is 0 Å². The number of rotatable bonds is 8. The van der Waals surface area contributed by atoms with Gasteiger partial charge in [0.15, 0.2) is 0 Å². The Morgan fingerprint density at radius 3 is 2.47 bits per heavy atom. The van der Waals surface area contributed by atoms with Crippen LogP contribution in [-0.2, 0) is 24.4 Å². The lowest BCUT2D eigenvalue weighted by Gasteiger charge is -2.30. The van der Waals surface area contributed by atoms with Crippen molar-refractivity contribution in [2.75, 3.05) is 6.54 Å². The van der Waals surface area contributed by atoms with Gasteiger partial charge in [0.2, 0.25) is 27.7 Å². The quantitative estimate of drug-likeness (QED) is 0.128. The van der Waals surface area contributed by atoms with Crippen LogP contribution in [0.4, 0.5) is 17.6 Å². The maximum atomic E-state index is 14.6. The zero-order chi connectivity index (χ0) is 41.9. The number of carbonyl (C=O) groups excluding carboxylic acids is 4. The van der Waals surface area contributed by atoms with E-state index in [1.165, 1.54) is 42.2 Å². The van der Waals surface area contributed by atoms with Crippen LogP contribution in [-0.4, -0.2) is 86.7 Å². The summed E-state index contributed by atoms with van der Waals surface area (Å²) in [5, 5.41) is 10.2. The second-order valence-corrected chi connectivity index (χ2v) is 18.2. The number of halogens is 4. The fraction of sp³-hybridized carbons (Fsp3) is 0.450. The molecule has 0 unspecified atom stereocenters. The number of amides is 4. The summed E-state index contributed by atoms with van der Waals surface area (Å²) >= 11 is 0. The molecule has 2 aliphatic carbocycles. The Bertz CT molecular complexity index is 2510. The molecule has 59 heavy (non-hydrogen) atoms. The summed E-state index contributed by atoms with van der Waals surface area (Å²) in [6.45, 7) is -1.72. The van der Waals surface area contributed by atoms with Crippen LogP contribution in [0.2, 0.25) is 0 Å². The molecule has 4 heterocycles. The Morgan fingerprint density at radius 2 is 1.75 bits per heavy atom. The molecule has 2 aromatic heterocycles. The number of hydrogen-bond acceptors (Lipinski definition) is 9. The minimum atomic E-state index is -4.09. The van der Waals surface area contributed by atoms with Gasteiger partial charge in [-0.05, 0) is 87.2 Å². The van der Waals surface area contributed by atoms with Gasteiger partial charge in [-0.3, -0.25) is 23.9 Å². The molecule has 4 aliphatic rings. The molecule has 4 aromatic rings. The molecular weight excluding hydrogens is 799 g/mol. The number of ether oxygens (including phenoxy) is 1. The summed E-state index contributed by atoms with van der Waals surface area (Å²) in [6, 6.07) is 6.25. The molecule has 2 aromatic carbocycles. The number of carbonyl (C=O) groups is 4. The van der Waals surface area contributed by atoms with E-state index >= 15 is 0 Å². The first-order valence-electron chi connectivity index (χ1n) is 19.4. The van der Waals surface area contributed by atoms with E-state index in [1.807, 2.05) is 6.08 Å². The third kappa shape index (κ3) is 7.83. The SMILES string of the molecule is CC1(S(=O)(=O)NC(=O)[C@@]23C[C@H]2/C=C\CCCCC[C@H](NC(=O)c2ccn(C(F)F)n2)C(=O)N2C[C@H](Oc4nc5cc(F)ccc5c5cc(F)ccc45)C[C@H]2C(=O)N3)CC1. The molecule has 2 saturated carbocycles. The summed E-state index contributed by atoms with van der Waals surface area (Å²) in [6.07, 6.45) is 6.69. The Balaban J connectivity index is 1.13. The van der Waals surface area contributed by atoms with E-state index in [-0.39, 0.29) is 42.9 Å². The number of hydrogen-bond donors (Lipinski definition) is 3. The van der Waals surface area contributed by atoms with E-state index in [0.717, 1.165) is 18.3 Å². The normalized spacial score (nSPS) is 26.3. The van der Waals surface area contributed by atoms with Gasteiger partial charge in [0.25, 0.3) is 11.8 Å². The van der Waals surface area contributed by atoms with Crippen LogP contribution in [0.15, 0.2) is 60.8 Å². The third-order valence-electron chi connectivity index (χ3n) is 11.8. The van der Waals surface area contributed by atoms with Crippen molar-refractivity contribution < 1.29 is 49.9 Å². The number of sulfonamides is 1. The fourth-order valence-corrected chi connectivity index (χ4v) is 9.23. The first-order chi connectivity index (χ1) is 28.1. The Hall–Kier alpha value is -5.59. The molecule has 14 nitrogen and oxygen atoms in total. The van der Waals surface area contributed by atoms with Crippen molar-refractivity contribution in [3.63, 3.8) is 0 Å². The molecule has 8 rings (SSSR count). The zero-order valence-corrected chi connectivity index (χ0v) is 32.6. The molecule has 2 aliphatic heterocycles. The summed E-state index contributed by atoms with van der Waals surface area (Å²) in [5.74, 6) is -5.03. The monoisotopic (exact) mass is 839 g/mol. The zero-order valence-electron chi connectivity index (χ0n) is 31.8. The number of nitrogens with one attached hydrogen (secondary N) is 3. The number of allylic oxidation sites excluding steroid dienone is 1. The summed E-state index contributed by atoms with van der Waals surface area (Å²) in [4.78, 5) is 62.1. The van der Waals surface area contributed by atoms with Crippen LogP contribution in [0.25, 0.3) is 21.7 Å². The number of pyridine rings is 1. The lowest BCUT2D eigenvalue weighted by atomic mass is 10.0. The maximum Gasteiger partial charge on any atom is 0.333 e. The highest BCUT2D eigenvalue weighted by Crippen LogP contribution is 2.47. The van der Waals surface area contributed by atoms with Crippen LogP contribution in [0.3, 0.4) is 0 Å². The van der Waals surface area contributed by atoms with Crippen LogP contribution in [0.1, 0.15) is 81.7 Å². The van der Waals surface area contributed by atoms with Crippen LogP contribution in [0.5, 0.6) is 5.88 Å². The molecule has 1 saturated heterocycles. The van der Waals surface area contributed by atoms with E-state index in [2.05, 4.69) is 25.4 Å². The number of benzene rings is 2. The molecule has 19 heteroatoms. The summed E-state index contributed by atoms with van der Waals surface area (Å²) in [5.41, 5.74) is -1.85. The van der Waals surface area contributed by atoms with Crippen LogP contribution in [0, 0.1) is 17.6 Å². The van der Waals surface area contributed by atoms with Gasteiger partial charge in [-0.25, -0.2) is 26.9 Å². The first-order valence-corrected chi connectivity index (χ1v) is 20.9. The standard InChI is InChI=1S/C40H41F4N7O7S/c1-39(14-15-39)59(56,57)49-37(55)40-20-22(40)7-5-3-2-4-6-8-30(45-33(52)29-13-16-51(48-29)38(43)44)36(54)50-21-25(19-32(50)34(53)47-40)58-35-27-12-10-23(41)17-28(27)26-11-9-24(42)18-31(26)46-35/h5,7,9-13,16-18,22,25,30,32,38H,2-4,6,8,14-15,19-21H2,1H3,(H,45,52)(H,47,53)(H,49,55)/b7-5-/t22-,25-,30+,32+,40-/m1/s1. The Kier molecular flexibility index (Phi) is 10.4. The van der Waals surface area contributed by atoms with Crippen molar-refractivity contribution >= 4 is 55.3 Å². The number of fused-ring (bicyclic) bond motifs is 5. The van der Waals surface area contributed by atoms with Gasteiger partial charge >= 0.3 is 6.55 Å². The highest BCUT2D eigenvalue weighted by Gasteiger charge is 2.63. The minimum Gasteiger partial charge on any atom is -0.472 e. The van der Waals surface area contributed by atoms with Crippen molar-refractivity contribution in [2.24, 2.45) is 5.92 Å². The lowest BCUT2D eigenvalue weighted by Crippen LogP contribution is -2.58. The van der Waals surface area contributed by atoms with E-state index < -0.39 is 86.2 Å². The molecule has 0 radical (unpaired) electrons. The van der Waals surface area contributed by atoms with E-state index in [9.17, 15) is 45.2 Å². The van der Waals surface area contributed by atoms with E-state index in [0.29, 0.717) is 59.4 Å². The summed E-state index contributed by atoms with van der Waals surface area (Å²) < 4.78 is 89.6. The van der Waals surface area contributed by atoms with E-state index in [1.54, 1.807) is 6.08 Å². The van der Waals surface area contributed by atoms with Crippen molar-refractivity contribution in [2.45, 2.75) is 99.7 Å². The average molecular weight is 840 g/mol. The highest BCUT2D eigenvalue weighted by molar-refractivity contribution is 7.91. The van der Waals surface area contributed by atoms with E-state index in [4.69, 9.17) is 4.74 Å². The lowest BCUT2D eigenvalue weighted by molar-refractivity contribution is -0.141. The van der Waals surface area contributed by atoms with Gasteiger partial charge in [0.1, 0.15) is 41.1 Å². The van der Waals surface area contributed by atoms with Crippen molar-refractivity contribution in [3.8, 4) is 5.88 Å². The summed E-state index contributed by atoms with van der Waals surface area (Å²) in [7, 11) is -4.09. The molecule has 3 N–H and O–H groups in total. The second kappa shape index (κ2) is 15.2. The van der Waals surface area contributed by atoms with Gasteiger partial charge in [-0.2, -0.15) is 13.9 Å². The predicted octanol–water partition coefficient (Wildman–Crippen LogP) is 4.80. The van der Waals surface area contributed by atoms with Crippen LogP contribution >= 0.6 is 0 Å². The molecule has 4 amide bonds. The molecule has 0 bridgehead atoms. The number of alkyl halides is 2. The van der Waals surface area contributed by atoms with Crippen LogP contribution < -0.4 is 20.1 Å². The van der Waals surface area contributed by atoms with Gasteiger partial charge in [0.05, 0.1) is 16.8 Å². The Labute approximate surface area is 335 Å². The largest absolute Gasteiger partial charge is 0.472 e. The third-order valence-corrected chi connectivity index (χ3v) is 13.9. The first kappa shape index (κ1) is 40.2. The molecule has 5 atom stereocenters. The maximum absolute atomic E-state index is 14.6. The highest BCUT2D eigenvalue weighted by atomic mass is 32.2. The van der Waals surface area contributed by atoms with Gasteiger partial charge in [0, 0.05) is 35.4 Å². The van der Waals surface area contributed by atoms with Gasteiger partial charge in [-0.15, -0.1) is 0 Å². The number of aromatic nitrogens is 3. The predicted molar refractivity (Wildman–Crippen MR) is 204 cm³/mol. The molecule has 312 valence electrons. The minimum absolute atomic E-state index is 0.0276. The molecule has 0 spiro atoms.